The fourth-order valence-corrected chi connectivity index (χ4v) is 3.09. The van der Waals surface area contributed by atoms with Crippen LogP contribution in [0.1, 0.15) is 26.2 Å². The number of fused-ring (bicyclic) bond motifs is 1. The second-order valence-corrected chi connectivity index (χ2v) is 6.16. The molecule has 2 heterocycles. The van der Waals surface area contributed by atoms with Crippen LogP contribution in [0.5, 0.6) is 0 Å². The summed E-state index contributed by atoms with van der Waals surface area (Å²) in [5.41, 5.74) is 2.11. The third kappa shape index (κ3) is 3.84. The number of ether oxygens (including phenoxy) is 1. The van der Waals surface area contributed by atoms with Crippen LogP contribution >= 0.6 is 0 Å². The molecular formula is C17H26N4O. The Labute approximate surface area is 132 Å². The highest BCUT2D eigenvalue weighted by Crippen LogP contribution is 2.18. The predicted molar refractivity (Wildman–Crippen MR) is 87.8 cm³/mol. The Morgan fingerprint density at radius 3 is 2.82 bits per heavy atom. The smallest absolute Gasteiger partial charge is 0.113 e. The summed E-state index contributed by atoms with van der Waals surface area (Å²) in [4.78, 5) is 2.53. The third-order valence-electron chi connectivity index (χ3n) is 4.46. The Hall–Kier alpha value is -1.46. The second-order valence-electron chi connectivity index (χ2n) is 6.16. The van der Waals surface area contributed by atoms with Crippen LogP contribution in [0.2, 0.25) is 0 Å². The van der Waals surface area contributed by atoms with Crippen LogP contribution in [0.4, 0.5) is 0 Å². The van der Waals surface area contributed by atoms with Gasteiger partial charge in [-0.15, -0.1) is 5.10 Å². The molecule has 3 rings (SSSR count). The Kier molecular flexibility index (Phi) is 5.40. The van der Waals surface area contributed by atoms with Gasteiger partial charge in [-0.2, -0.15) is 0 Å². The molecule has 1 aromatic carbocycles. The van der Waals surface area contributed by atoms with Crippen LogP contribution in [-0.4, -0.2) is 52.7 Å². The Morgan fingerprint density at radius 2 is 2.00 bits per heavy atom. The lowest BCUT2D eigenvalue weighted by Gasteiger charge is -2.31. The van der Waals surface area contributed by atoms with Gasteiger partial charge < -0.3 is 9.64 Å². The van der Waals surface area contributed by atoms with Crippen LogP contribution in [-0.2, 0) is 11.3 Å². The first kappa shape index (κ1) is 15.4. The number of hydrogen-bond acceptors (Lipinski definition) is 4. The molecule has 22 heavy (non-hydrogen) atoms. The van der Waals surface area contributed by atoms with Crippen molar-refractivity contribution in [2.45, 2.75) is 32.7 Å². The summed E-state index contributed by atoms with van der Waals surface area (Å²) < 4.78 is 7.70. The van der Waals surface area contributed by atoms with Gasteiger partial charge in [0, 0.05) is 19.8 Å². The van der Waals surface area contributed by atoms with Gasteiger partial charge in [0.05, 0.1) is 12.1 Å². The SMILES string of the molecule is CCCOCC1CCN(CCn2nnc3ccccc32)CC1. The minimum atomic E-state index is 0.745. The molecule has 5 heteroatoms. The molecule has 0 radical (unpaired) electrons. The highest BCUT2D eigenvalue weighted by atomic mass is 16.5. The molecule has 0 amide bonds. The van der Waals surface area contributed by atoms with Crippen molar-refractivity contribution in [1.29, 1.82) is 0 Å². The maximum Gasteiger partial charge on any atom is 0.113 e. The van der Waals surface area contributed by atoms with E-state index in [9.17, 15) is 0 Å². The zero-order valence-electron chi connectivity index (χ0n) is 13.4. The van der Waals surface area contributed by atoms with E-state index in [1.807, 2.05) is 22.9 Å². The molecule has 1 saturated heterocycles. The largest absolute Gasteiger partial charge is 0.381 e. The molecule has 0 saturated carbocycles. The van der Waals surface area contributed by atoms with Crippen molar-refractivity contribution in [3.05, 3.63) is 24.3 Å². The molecule has 0 bridgehead atoms. The van der Waals surface area contributed by atoms with Crippen molar-refractivity contribution in [1.82, 2.24) is 19.9 Å². The van der Waals surface area contributed by atoms with Gasteiger partial charge in [-0.05, 0) is 50.4 Å². The average molecular weight is 302 g/mol. The molecule has 1 aliphatic heterocycles. The Bertz CT molecular complexity index is 575. The van der Waals surface area contributed by atoms with E-state index in [2.05, 4.69) is 28.2 Å². The quantitative estimate of drug-likeness (QED) is 0.737. The molecule has 0 unspecified atom stereocenters. The summed E-state index contributed by atoms with van der Waals surface area (Å²) in [6.45, 7) is 8.32. The third-order valence-corrected chi connectivity index (χ3v) is 4.46. The summed E-state index contributed by atoms with van der Waals surface area (Å²) in [6, 6.07) is 8.16. The number of benzene rings is 1. The topological polar surface area (TPSA) is 43.2 Å². The normalized spacial score (nSPS) is 17.3. The van der Waals surface area contributed by atoms with E-state index in [-0.39, 0.29) is 0 Å². The van der Waals surface area contributed by atoms with Gasteiger partial charge in [0.2, 0.25) is 0 Å². The molecule has 1 fully saturated rings. The van der Waals surface area contributed by atoms with Crippen molar-refractivity contribution in [3.63, 3.8) is 0 Å². The lowest BCUT2D eigenvalue weighted by molar-refractivity contribution is 0.0664. The van der Waals surface area contributed by atoms with Crippen molar-refractivity contribution in [3.8, 4) is 0 Å². The molecule has 0 atom stereocenters. The summed E-state index contributed by atoms with van der Waals surface area (Å²) >= 11 is 0. The molecule has 1 aliphatic rings. The summed E-state index contributed by atoms with van der Waals surface area (Å²) in [5, 5.41) is 8.48. The summed E-state index contributed by atoms with van der Waals surface area (Å²) in [6.07, 6.45) is 3.62. The summed E-state index contributed by atoms with van der Waals surface area (Å²) in [5.74, 6) is 0.745. The molecular weight excluding hydrogens is 276 g/mol. The zero-order chi connectivity index (χ0) is 15.2. The maximum absolute atomic E-state index is 5.68. The first-order chi connectivity index (χ1) is 10.9. The van der Waals surface area contributed by atoms with E-state index in [0.29, 0.717) is 0 Å². The predicted octanol–water partition coefficient (Wildman–Crippen LogP) is 2.57. The highest BCUT2D eigenvalue weighted by molar-refractivity contribution is 5.73. The molecule has 5 nitrogen and oxygen atoms in total. The fourth-order valence-electron chi connectivity index (χ4n) is 3.09. The van der Waals surface area contributed by atoms with Crippen LogP contribution in [0, 0.1) is 5.92 Å². The monoisotopic (exact) mass is 302 g/mol. The van der Waals surface area contributed by atoms with Gasteiger partial charge >= 0.3 is 0 Å². The first-order valence-electron chi connectivity index (χ1n) is 8.45. The van der Waals surface area contributed by atoms with Gasteiger partial charge in [-0.3, -0.25) is 0 Å². The number of hydrogen-bond donors (Lipinski definition) is 0. The van der Waals surface area contributed by atoms with Crippen molar-refractivity contribution >= 4 is 11.0 Å². The number of likely N-dealkylation sites (tertiary alicyclic amines) is 1. The molecule has 1 aromatic heterocycles. The minimum absolute atomic E-state index is 0.745. The average Bonchev–Trinajstić information content (AvgIpc) is 2.98. The fraction of sp³-hybridized carbons (Fsp3) is 0.647. The van der Waals surface area contributed by atoms with Gasteiger partial charge in [0.25, 0.3) is 0 Å². The van der Waals surface area contributed by atoms with E-state index in [1.54, 1.807) is 0 Å². The molecule has 120 valence electrons. The van der Waals surface area contributed by atoms with E-state index in [4.69, 9.17) is 4.74 Å². The van der Waals surface area contributed by atoms with E-state index in [0.717, 1.165) is 49.7 Å². The van der Waals surface area contributed by atoms with Gasteiger partial charge in [0.1, 0.15) is 5.52 Å². The van der Waals surface area contributed by atoms with Crippen LogP contribution < -0.4 is 0 Å². The number of para-hydroxylation sites is 1. The first-order valence-corrected chi connectivity index (χ1v) is 8.45. The van der Waals surface area contributed by atoms with Crippen LogP contribution in [0.15, 0.2) is 24.3 Å². The molecule has 0 aliphatic carbocycles. The minimum Gasteiger partial charge on any atom is -0.381 e. The van der Waals surface area contributed by atoms with Crippen LogP contribution in [0.25, 0.3) is 11.0 Å². The Morgan fingerprint density at radius 1 is 1.18 bits per heavy atom. The maximum atomic E-state index is 5.68. The lowest BCUT2D eigenvalue weighted by atomic mass is 9.98. The van der Waals surface area contributed by atoms with Gasteiger partial charge in [-0.1, -0.05) is 24.3 Å². The second kappa shape index (κ2) is 7.70. The van der Waals surface area contributed by atoms with Gasteiger partial charge in [-0.25, -0.2) is 4.68 Å². The standard InChI is InChI=1S/C17H26N4O/c1-2-13-22-14-15-7-9-20(10-8-15)11-12-21-17-6-4-3-5-16(17)18-19-21/h3-6,15H,2,7-14H2,1H3. The van der Waals surface area contributed by atoms with Crippen molar-refractivity contribution < 1.29 is 4.74 Å². The van der Waals surface area contributed by atoms with E-state index < -0.39 is 0 Å². The molecule has 2 aromatic rings. The lowest BCUT2D eigenvalue weighted by Crippen LogP contribution is -2.37. The van der Waals surface area contributed by atoms with E-state index in [1.165, 1.54) is 25.9 Å². The number of nitrogens with zero attached hydrogens (tertiary/aromatic N) is 4. The van der Waals surface area contributed by atoms with Crippen molar-refractivity contribution in [2.75, 3.05) is 32.8 Å². The molecule has 0 spiro atoms. The summed E-state index contributed by atoms with van der Waals surface area (Å²) in [7, 11) is 0. The highest BCUT2D eigenvalue weighted by Gasteiger charge is 2.19. The number of rotatable bonds is 7. The number of aromatic nitrogens is 3. The Balaban J connectivity index is 1.43. The number of piperidine rings is 1. The van der Waals surface area contributed by atoms with Gasteiger partial charge in [0.15, 0.2) is 0 Å². The van der Waals surface area contributed by atoms with Crippen molar-refractivity contribution in [2.24, 2.45) is 5.92 Å². The molecule has 0 N–H and O–H groups in total. The van der Waals surface area contributed by atoms with Crippen LogP contribution in [0.3, 0.4) is 0 Å². The van der Waals surface area contributed by atoms with E-state index >= 15 is 0 Å². The zero-order valence-corrected chi connectivity index (χ0v) is 13.4.